The topological polar surface area (TPSA) is 108 Å². The number of nitrogens with one attached hydrogen (secondary N) is 1. The second-order valence-electron chi connectivity index (χ2n) is 4.28. The minimum atomic E-state index is -0.908. The number of Topliss-reactive ketones (excluding diaryl/α,β-unsaturated/α-hetero) is 1. The smallest absolute Gasteiger partial charge is 0.328 e. The zero-order chi connectivity index (χ0) is 15.5. The van der Waals surface area contributed by atoms with Gasteiger partial charge in [-0.3, -0.25) is 4.79 Å². The fourth-order valence-corrected chi connectivity index (χ4v) is 1.37. The number of hydrogen-bond donors (Lipinski definition) is 2. The molecule has 0 saturated carbocycles. The maximum Gasteiger partial charge on any atom is 0.328 e. The number of ketones is 1. The highest BCUT2D eigenvalue weighted by Gasteiger charge is 2.25. The van der Waals surface area contributed by atoms with Gasteiger partial charge in [0.15, 0.2) is 0 Å². The van der Waals surface area contributed by atoms with Crippen LogP contribution in [0.15, 0.2) is 12.7 Å². The number of hydrogen-bond acceptors (Lipinski definition) is 6. The SMILES string of the molecule is C=CCOC(=O)C(CCC(C)=O)NC(=O)C(N)COC. The molecule has 2 atom stereocenters. The van der Waals surface area contributed by atoms with Gasteiger partial charge in [-0.25, -0.2) is 4.79 Å². The van der Waals surface area contributed by atoms with Crippen molar-refractivity contribution in [2.45, 2.75) is 31.8 Å². The molecule has 3 N–H and O–H groups in total. The molecule has 7 nitrogen and oxygen atoms in total. The summed E-state index contributed by atoms with van der Waals surface area (Å²) in [5.41, 5.74) is 5.56. The summed E-state index contributed by atoms with van der Waals surface area (Å²) in [4.78, 5) is 34.5. The Morgan fingerprint density at radius 1 is 1.40 bits per heavy atom. The minimum Gasteiger partial charge on any atom is -0.460 e. The van der Waals surface area contributed by atoms with Crippen molar-refractivity contribution in [2.75, 3.05) is 20.3 Å². The monoisotopic (exact) mass is 286 g/mol. The molecule has 0 aliphatic heterocycles. The zero-order valence-electron chi connectivity index (χ0n) is 11.9. The Balaban J connectivity index is 4.57. The molecule has 0 radical (unpaired) electrons. The van der Waals surface area contributed by atoms with Gasteiger partial charge < -0.3 is 25.3 Å². The van der Waals surface area contributed by atoms with Crippen LogP contribution in [0.4, 0.5) is 0 Å². The maximum atomic E-state index is 11.8. The molecule has 0 rings (SSSR count). The molecule has 0 aliphatic carbocycles. The van der Waals surface area contributed by atoms with Gasteiger partial charge in [0.25, 0.3) is 0 Å². The molecule has 0 aliphatic rings. The molecule has 0 heterocycles. The van der Waals surface area contributed by atoms with E-state index in [1.54, 1.807) is 0 Å². The average Bonchev–Trinajstić information content (AvgIpc) is 2.40. The summed E-state index contributed by atoms with van der Waals surface area (Å²) < 4.78 is 9.63. The van der Waals surface area contributed by atoms with E-state index in [4.69, 9.17) is 15.2 Å². The Morgan fingerprint density at radius 2 is 2.05 bits per heavy atom. The van der Waals surface area contributed by atoms with Gasteiger partial charge in [-0.15, -0.1) is 0 Å². The van der Waals surface area contributed by atoms with Crippen LogP contribution in [0.5, 0.6) is 0 Å². The molecule has 0 aromatic carbocycles. The number of nitrogens with two attached hydrogens (primary N) is 1. The molecule has 114 valence electrons. The van der Waals surface area contributed by atoms with Crippen LogP contribution in [-0.2, 0) is 23.9 Å². The van der Waals surface area contributed by atoms with Gasteiger partial charge in [0.1, 0.15) is 24.5 Å². The van der Waals surface area contributed by atoms with Crippen LogP contribution in [-0.4, -0.2) is 50.1 Å². The zero-order valence-corrected chi connectivity index (χ0v) is 11.9. The molecule has 7 heteroatoms. The van der Waals surface area contributed by atoms with Crippen LogP contribution in [0, 0.1) is 0 Å². The van der Waals surface area contributed by atoms with Crippen LogP contribution in [0.25, 0.3) is 0 Å². The summed E-state index contributed by atoms with van der Waals surface area (Å²) >= 11 is 0. The third-order valence-corrected chi connectivity index (χ3v) is 2.41. The lowest BCUT2D eigenvalue weighted by atomic mass is 10.1. The highest BCUT2D eigenvalue weighted by atomic mass is 16.5. The number of carbonyl (C=O) groups excluding carboxylic acids is 3. The Bertz CT molecular complexity index is 357. The highest BCUT2D eigenvalue weighted by Crippen LogP contribution is 2.02. The van der Waals surface area contributed by atoms with Gasteiger partial charge in [-0.2, -0.15) is 0 Å². The minimum absolute atomic E-state index is 0.0347. The van der Waals surface area contributed by atoms with Crippen molar-refractivity contribution in [3.05, 3.63) is 12.7 Å². The van der Waals surface area contributed by atoms with Crippen molar-refractivity contribution in [3.8, 4) is 0 Å². The van der Waals surface area contributed by atoms with Crippen LogP contribution < -0.4 is 11.1 Å². The van der Waals surface area contributed by atoms with Crippen LogP contribution in [0.3, 0.4) is 0 Å². The molecule has 1 amide bonds. The van der Waals surface area contributed by atoms with Crippen molar-refractivity contribution in [3.63, 3.8) is 0 Å². The van der Waals surface area contributed by atoms with Gasteiger partial charge in [0.05, 0.1) is 6.61 Å². The standard InChI is InChI=1S/C13H22N2O5/c1-4-7-20-13(18)11(6-5-9(2)16)15-12(17)10(14)8-19-3/h4,10-11H,1,5-8,14H2,2-3H3,(H,15,17). The van der Waals surface area contributed by atoms with E-state index in [2.05, 4.69) is 11.9 Å². The van der Waals surface area contributed by atoms with Crippen molar-refractivity contribution in [2.24, 2.45) is 5.73 Å². The molecular weight excluding hydrogens is 264 g/mol. The quantitative estimate of drug-likeness (QED) is 0.416. The van der Waals surface area contributed by atoms with E-state index >= 15 is 0 Å². The number of rotatable bonds is 10. The first kappa shape index (κ1) is 18.3. The van der Waals surface area contributed by atoms with Crippen molar-refractivity contribution in [1.29, 1.82) is 0 Å². The summed E-state index contributed by atoms with van der Waals surface area (Å²) in [5.74, 6) is -1.23. The predicted molar refractivity (Wildman–Crippen MR) is 72.9 cm³/mol. The van der Waals surface area contributed by atoms with Gasteiger partial charge in [0, 0.05) is 13.5 Å². The first-order valence-corrected chi connectivity index (χ1v) is 6.24. The maximum absolute atomic E-state index is 11.8. The van der Waals surface area contributed by atoms with Crippen LogP contribution in [0.1, 0.15) is 19.8 Å². The normalized spacial score (nSPS) is 13.2. The number of carbonyl (C=O) groups is 3. The number of ether oxygens (including phenoxy) is 2. The Hall–Kier alpha value is -1.73. The summed E-state index contributed by atoms with van der Waals surface area (Å²) in [5, 5.41) is 2.46. The largest absolute Gasteiger partial charge is 0.460 e. The van der Waals surface area contributed by atoms with E-state index in [0.717, 1.165) is 0 Å². The van der Waals surface area contributed by atoms with Crippen molar-refractivity contribution in [1.82, 2.24) is 5.32 Å². The van der Waals surface area contributed by atoms with E-state index in [1.807, 2.05) is 0 Å². The first-order chi connectivity index (χ1) is 9.42. The lowest BCUT2D eigenvalue weighted by Gasteiger charge is -2.19. The Morgan fingerprint density at radius 3 is 2.55 bits per heavy atom. The highest BCUT2D eigenvalue weighted by molar-refractivity contribution is 5.88. The van der Waals surface area contributed by atoms with Crippen LogP contribution >= 0.6 is 0 Å². The van der Waals surface area contributed by atoms with Gasteiger partial charge in [0.2, 0.25) is 5.91 Å². The first-order valence-electron chi connectivity index (χ1n) is 6.24. The third kappa shape index (κ3) is 7.65. The Labute approximate surface area is 118 Å². The fraction of sp³-hybridized carbons (Fsp3) is 0.615. The van der Waals surface area contributed by atoms with E-state index in [0.29, 0.717) is 0 Å². The molecule has 20 heavy (non-hydrogen) atoms. The average molecular weight is 286 g/mol. The summed E-state index contributed by atoms with van der Waals surface area (Å²) in [6.45, 7) is 4.90. The molecule has 0 spiro atoms. The summed E-state index contributed by atoms with van der Waals surface area (Å²) in [6.07, 6.45) is 1.74. The molecule has 0 bridgehead atoms. The lowest BCUT2D eigenvalue weighted by molar-refractivity contribution is -0.147. The molecule has 2 unspecified atom stereocenters. The fourth-order valence-electron chi connectivity index (χ4n) is 1.37. The van der Waals surface area contributed by atoms with Crippen molar-refractivity contribution < 1.29 is 23.9 Å². The summed E-state index contributed by atoms with van der Waals surface area (Å²) in [6, 6.07) is -1.79. The van der Waals surface area contributed by atoms with E-state index < -0.39 is 24.0 Å². The number of esters is 1. The lowest BCUT2D eigenvalue weighted by Crippen LogP contribution is -2.50. The number of amides is 1. The summed E-state index contributed by atoms with van der Waals surface area (Å²) in [7, 11) is 1.42. The van der Waals surface area contributed by atoms with Gasteiger partial charge in [-0.05, 0) is 13.3 Å². The van der Waals surface area contributed by atoms with Gasteiger partial charge >= 0.3 is 5.97 Å². The Kier molecular flexibility index (Phi) is 9.23. The van der Waals surface area contributed by atoms with E-state index in [-0.39, 0.29) is 31.8 Å². The van der Waals surface area contributed by atoms with E-state index in [1.165, 1.54) is 20.1 Å². The molecular formula is C13H22N2O5. The van der Waals surface area contributed by atoms with Crippen molar-refractivity contribution >= 4 is 17.7 Å². The second kappa shape index (κ2) is 10.1. The molecule has 0 fully saturated rings. The molecule has 0 aromatic rings. The number of methoxy groups -OCH3 is 1. The van der Waals surface area contributed by atoms with Gasteiger partial charge in [-0.1, -0.05) is 12.7 Å². The third-order valence-electron chi connectivity index (χ3n) is 2.41. The molecule has 0 saturated heterocycles. The second-order valence-corrected chi connectivity index (χ2v) is 4.28. The molecule has 0 aromatic heterocycles. The van der Waals surface area contributed by atoms with Crippen LogP contribution in [0.2, 0.25) is 0 Å². The van der Waals surface area contributed by atoms with E-state index in [9.17, 15) is 14.4 Å². The predicted octanol–water partition coefficient (Wildman–Crippen LogP) is -0.457.